The molecule has 0 aromatic carbocycles. The second-order valence-electron chi connectivity index (χ2n) is 4.19. The maximum atomic E-state index is 4.07. The number of unbranched alkanes of at least 4 members (excludes halogenated alkanes) is 4. The molecule has 0 heterocycles. The van der Waals surface area contributed by atoms with Crippen molar-refractivity contribution in [2.24, 2.45) is 0 Å². The van der Waals surface area contributed by atoms with Gasteiger partial charge in [-0.1, -0.05) is 36.8 Å². The van der Waals surface area contributed by atoms with Crippen LogP contribution in [-0.4, -0.2) is 13.6 Å². The van der Waals surface area contributed by atoms with Crippen molar-refractivity contribution in [1.82, 2.24) is 5.32 Å². The Morgan fingerprint density at radius 3 is 2.62 bits per heavy atom. The first-order chi connectivity index (χ1) is 7.81. The average Bonchev–Trinajstić information content (AvgIpc) is 2.28. The first-order valence-corrected chi connectivity index (χ1v) is 6.41. The number of rotatable bonds is 11. The number of hydrogen-bond donors (Lipinski definition) is 1. The Morgan fingerprint density at radius 1 is 1.12 bits per heavy atom. The van der Waals surface area contributed by atoms with Crippen LogP contribution in [0.4, 0.5) is 0 Å². The highest BCUT2D eigenvalue weighted by Crippen LogP contribution is 2.09. The molecule has 0 saturated heterocycles. The summed E-state index contributed by atoms with van der Waals surface area (Å²) in [7, 11) is 2.00. The summed E-state index contributed by atoms with van der Waals surface area (Å²) >= 11 is 0. The van der Waals surface area contributed by atoms with E-state index in [0.717, 1.165) is 25.8 Å². The van der Waals surface area contributed by atoms with Crippen LogP contribution >= 0.6 is 0 Å². The van der Waals surface area contributed by atoms with Gasteiger partial charge in [0.1, 0.15) is 0 Å². The third-order valence-corrected chi connectivity index (χ3v) is 2.56. The van der Waals surface area contributed by atoms with Crippen LogP contribution in [0.2, 0.25) is 0 Å². The summed E-state index contributed by atoms with van der Waals surface area (Å²) in [5.41, 5.74) is 1.27. The maximum absolute atomic E-state index is 4.07. The lowest BCUT2D eigenvalue weighted by atomic mass is 10.1. The Morgan fingerprint density at radius 2 is 1.94 bits per heavy atom. The normalized spacial score (nSPS) is 10.8. The monoisotopic (exact) mass is 221 g/mol. The van der Waals surface area contributed by atoms with Gasteiger partial charge in [-0.25, -0.2) is 0 Å². The molecule has 0 atom stereocenters. The minimum Gasteiger partial charge on any atom is -0.320 e. The van der Waals surface area contributed by atoms with E-state index >= 15 is 0 Å². The fraction of sp³-hybridized carbons (Fsp3) is 0.600. The van der Waals surface area contributed by atoms with E-state index in [1.807, 2.05) is 13.1 Å². The van der Waals surface area contributed by atoms with Gasteiger partial charge in [-0.15, -0.1) is 6.58 Å². The Bertz CT molecular complexity index is 203. The van der Waals surface area contributed by atoms with E-state index in [4.69, 9.17) is 0 Å². The van der Waals surface area contributed by atoms with Crippen LogP contribution in [0.5, 0.6) is 0 Å². The van der Waals surface area contributed by atoms with Crippen LogP contribution in [0.3, 0.4) is 0 Å². The topological polar surface area (TPSA) is 12.0 Å². The molecule has 1 N–H and O–H groups in total. The fourth-order valence-electron chi connectivity index (χ4n) is 1.54. The SMILES string of the molecule is C=CCCCC=CC(=C)CCCCCNC. The van der Waals surface area contributed by atoms with Crippen molar-refractivity contribution in [2.75, 3.05) is 13.6 Å². The number of allylic oxidation sites excluding steroid dienone is 4. The minimum atomic E-state index is 1.11. The molecule has 16 heavy (non-hydrogen) atoms. The summed E-state index contributed by atoms with van der Waals surface area (Å²) in [6, 6.07) is 0. The Balaban J connectivity index is 3.32. The zero-order chi connectivity index (χ0) is 12.1. The second kappa shape index (κ2) is 12.3. The Kier molecular flexibility index (Phi) is 11.6. The molecule has 0 aliphatic heterocycles. The average molecular weight is 221 g/mol. The molecule has 1 heteroatoms. The lowest BCUT2D eigenvalue weighted by Gasteiger charge is -2.01. The highest BCUT2D eigenvalue weighted by Gasteiger charge is 1.91. The molecule has 0 bridgehead atoms. The minimum absolute atomic E-state index is 1.11. The third-order valence-electron chi connectivity index (χ3n) is 2.56. The molecule has 0 aromatic rings. The molecule has 0 saturated carbocycles. The van der Waals surface area contributed by atoms with E-state index < -0.39 is 0 Å². The quantitative estimate of drug-likeness (QED) is 0.313. The highest BCUT2D eigenvalue weighted by molar-refractivity contribution is 5.13. The zero-order valence-corrected chi connectivity index (χ0v) is 10.8. The van der Waals surface area contributed by atoms with Crippen LogP contribution in [-0.2, 0) is 0 Å². The molecular weight excluding hydrogens is 194 g/mol. The van der Waals surface area contributed by atoms with E-state index in [1.165, 1.54) is 31.3 Å². The van der Waals surface area contributed by atoms with Gasteiger partial charge in [0.15, 0.2) is 0 Å². The molecule has 0 radical (unpaired) electrons. The molecule has 0 fully saturated rings. The van der Waals surface area contributed by atoms with Gasteiger partial charge in [0.2, 0.25) is 0 Å². The van der Waals surface area contributed by atoms with Crippen LogP contribution in [0, 0.1) is 0 Å². The van der Waals surface area contributed by atoms with E-state index in [0.29, 0.717) is 0 Å². The lowest BCUT2D eigenvalue weighted by molar-refractivity contribution is 0.643. The molecule has 0 aliphatic carbocycles. The van der Waals surface area contributed by atoms with Crippen molar-refractivity contribution >= 4 is 0 Å². The predicted molar refractivity (Wildman–Crippen MR) is 74.7 cm³/mol. The van der Waals surface area contributed by atoms with Gasteiger partial charge in [-0.2, -0.15) is 0 Å². The lowest BCUT2D eigenvalue weighted by Crippen LogP contribution is -2.06. The van der Waals surface area contributed by atoms with Gasteiger partial charge in [-0.05, 0) is 52.1 Å². The summed E-state index contributed by atoms with van der Waals surface area (Å²) in [6.07, 6.45) is 14.8. The molecular formula is C15H27N. The fourth-order valence-corrected chi connectivity index (χ4v) is 1.54. The van der Waals surface area contributed by atoms with E-state index in [1.54, 1.807) is 0 Å². The smallest absolute Gasteiger partial charge is 0.00519 e. The van der Waals surface area contributed by atoms with Crippen molar-refractivity contribution in [3.05, 3.63) is 37.0 Å². The summed E-state index contributed by atoms with van der Waals surface area (Å²) in [5, 5.41) is 3.17. The van der Waals surface area contributed by atoms with Crippen LogP contribution in [0.15, 0.2) is 37.0 Å². The van der Waals surface area contributed by atoms with Crippen molar-refractivity contribution < 1.29 is 0 Å². The molecule has 0 aliphatic rings. The number of nitrogens with one attached hydrogen (secondary N) is 1. The molecule has 1 nitrogen and oxygen atoms in total. The Hall–Kier alpha value is -0.820. The zero-order valence-electron chi connectivity index (χ0n) is 10.8. The van der Waals surface area contributed by atoms with Crippen LogP contribution in [0.25, 0.3) is 0 Å². The second-order valence-corrected chi connectivity index (χ2v) is 4.19. The van der Waals surface area contributed by atoms with Gasteiger partial charge in [0.25, 0.3) is 0 Å². The molecule has 92 valence electrons. The van der Waals surface area contributed by atoms with Crippen molar-refractivity contribution in [3.8, 4) is 0 Å². The van der Waals surface area contributed by atoms with E-state index in [2.05, 4.69) is 30.6 Å². The van der Waals surface area contributed by atoms with Crippen molar-refractivity contribution in [3.63, 3.8) is 0 Å². The molecule has 0 spiro atoms. The first-order valence-electron chi connectivity index (χ1n) is 6.41. The standard InChI is InChI=1S/C15H27N/c1-4-5-6-7-9-12-15(2)13-10-8-11-14-16-3/h4,9,12,16H,1-2,5-8,10-11,13-14H2,3H3. The maximum Gasteiger partial charge on any atom is -0.00519 e. The molecule has 0 aromatic heterocycles. The highest BCUT2D eigenvalue weighted by atomic mass is 14.8. The molecule has 0 rings (SSSR count). The largest absolute Gasteiger partial charge is 0.320 e. The summed E-state index contributed by atoms with van der Waals surface area (Å²) < 4.78 is 0. The third kappa shape index (κ3) is 11.3. The predicted octanol–water partition coefficient (Wildman–Crippen LogP) is 4.23. The molecule has 0 unspecified atom stereocenters. The molecule has 0 amide bonds. The van der Waals surface area contributed by atoms with E-state index in [-0.39, 0.29) is 0 Å². The van der Waals surface area contributed by atoms with Gasteiger partial charge in [0, 0.05) is 0 Å². The van der Waals surface area contributed by atoms with Gasteiger partial charge in [0.05, 0.1) is 0 Å². The van der Waals surface area contributed by atoms with Crippen LogP contribution < -0.4 is 5.32 Å². The van der Waals surface area contributed by atoms with Gasteiger partial charge >= 0.3 is 0 Å². The van der Waals surface area contributed by atoms with E-state index in [9.17, 15) is 0 Å². The van der Waals surface area contributed by atoms with Crippen LogP contribution in [0.1, 0.15) is 44.9 Å². The summed E-state index contributed by atoms with van der Waals surface area (Å²) in [5.74, 6) is 0. The van der Waals surface area contributed by atoms with Crippen molar-refractivity contribution in [1.29, 1.82) is 0 Å². The van der Waals surface area contributed by atoms with Gasteiger partial charge in [-0.3, -0.25) is 0 Å². The number of hydrogen-bond acceptors (Lipinski definition) is 1. The van der Waals surface area contributed by atoms with Crippen molar-refractivity contribution in [2.45, 2.75) is 44.9 Å². The summed E-state index contributed by atoms with van der Waals surface area (Å²) in [4.78, 5) is 0. The first kappa shape index (κ1) is 15.2. The Labute approximate surface area is 101 Å². The van der Waals surface area contributed by atoms with Gasteiger partial charge < -0.3 is 5.32 Å². The summed E-state index contributed by atoms with van der Waals surface area (Å²) in [6.45, 7) is 8.91.